The highest BCUT2D eigenvalue weighted by molar-refractivity contribution is 14.1. The molecule has 1 aliphatic heterocycles. The molecule has 0 bridgehead atoms. The number of carbonyl (C=O) groups is 2. The first-order valence-electron chi connectivity index (χ1n) is 7.43. The highest BCUT2D eigenvalue weighted by Gasteiger charge is 2.32. The first-order chi connectivity index (χ1) is 11.9. The first kappa shape index (κ1) is 19.4. The molecule has 1 heterocycles. The number of rotatable bonds is 6. The third-order valence-corrected chi connectivity index (χ3v) is 4.47. The minimum Gasteiger partial charge on any atom is -0.493 e. The van der Waals surface area contributed by atoms with Gasteiger partial charge in [-0.2, -0.15) is 0 Å². The topological polar surface area (TPSA) is 67.9 Å². The summed E-state index contributed by atoms with van der Waals surface area (Å²) in [5.41, 5.74) is 0.645. The quantitative estimate of drug-likeness (QED) is 0.227. The molecule has 0 aliphatic carbocycles. The molecule has 1 fully saturated rings. The minimum atomic E-state index is -0.529. The van der Waals surface area contributed by atoms with Crippen LogP contribution in [0, 0.1) is 3.57 Å². The first-order valence-corrected chi connectivity index (χ1v) is 8.91. The minimum absolute atomic E-state index is 0.00235. The van der Waals surface area contributed by atoms with E-state index in [0.29, 0.717) is 23.7 Å². The molecular weight excluding hydrogens is 455 g/mol. The Morgan fingerprint density at radius 2 is 2.12 bits per heavy atom. The van der Waals surface area contributed by atoms with Gasteiger partial charge in [0.05, 0.1) is 17.3 Å². The van der Waals surface area contributed by atoms with Gasteiger partial charge in [-0.15, -0.1) is 6.58 Å². The Morgan fingerprint density at radius 3 is 2.72 bits per heavy atom. The van der Waals surface area contributed by atoms with Crippen LogP contribution in [-0.4, -0.2) is 42.1 Å². The molecule has 2 rings (SSSR count). The molecule has 1 aromatic rings. The Labute approximate surface area is 165 Å². The molecule has 2 amide bonds. The van der Waals surface area contributed by atoms with E-state index in [0.717, 1.165) is 3.57 Å². The number of nitrogens with one attached hydrogen (secondary N) is 1. The van der Waals surface area contributed by atoms with Crippen LogP contribution < -0.4 is 14.8 Å². The van der Waals surface area contributed by atoms with Crippen molar-refractivity contribution in [1.29, 1.82) is 0 Å². The zero-order valence-corrected chi connectivity index (χ0v) is 16.8. The average Bonchev–Trinajstić information content (AvgIpc) is 2.57. The number of carbonyl (C=O) groups excluding carboxylic acids is 2. The Balaban J connectivity index is 2.46. The summed E-state index contributed by atoms with van der Waals surface area (Å²) in [6.07, 6.45) is 3.05. The fourth-order valence-electron chi connectivity index (χ4n) is 2.26. The van der Waals surface area contributed by atoms with Gasteiger partial charge in [-0.25, -0.2) is 0 Å². The number of halogens is 1. The van der Waals surface area contributed by atoms with E-state index < -0.39 is 11.8 Å². The summed E-state index contributed by atoms with van der Waals surface area (Å²) in [5, 5.41) is 2.59. The molecule has 0 aromatic heterocycles. The van der Waals surface area contributed by atoms with E-state index in [-0.39, 0.29) is 17.2 Å². The summed E-state index contributed by atoms with van der Waals surface area (Å²) in [4.78, 5) is 26.0. The van der Waals surface area contributed by atoms with Crippen molar-refractivity contribution in [3.8, 4) is 11.5 Å². The van der Waals surface area contributed by atoms with E-state index >= 15 is 0 Å². The highest BCUT2D eigenvalue weighted by atomic mass is 127. The summed E-state index contributed by atoms with van der Waals surface area (Å²) >= 11 is 7.15. The lowest BCUT2D eigenvalue weighted by Gasteiger charge is -2.27. The summed E-state index contributed by atoms with van der Waals surface area (Å²) in [7, 11) is 1.54. The van der Waals surface area contributed by atoms with E-state index in [1.807, 2.05) is 13.0 Å². The molecule has 1 N–H and O–H groups in total. The van der Waals surface area contributed by atoms with Gasteiger partial charge in [0.25, 0.3) is 11.8 Å². The zero-order chi connectivity index (χ0) is 18.6. The molecule has 1 saturated heterocycles. The maximum atomic E-state index is 12.6. The van der Waals surface area contributed by atoms with Crippen molar-refractivity contribution in [3.05, 3.63) is 39.5 Å². The average molecular weight is 472 g/mol. The maximum Gasteiger partial charge on any atom is 0.265 e. The van der Waals surface area contributed by atoms with E-state index in [2.05, 4.69) is 34.5 Å². The Bertz CT molecular complexity index is 776. The van der Waals surface area contributed by atoms with Crippen LogP contribution in [-0.2, 0) is 9.59 Å². The Morgan fingerprint density at radius 1 is 1.40 bits per heavy atom. The molecule has 1 aromatic carbocycles. The Kier molecular flexibility index (Phi) is 6.54. The number of methoxy groups -OCH3 is 1. The summed E-state index contributed by atoms with van der Waals surface area (Å²) in [6, 6.07) is 3.53. The summed E-state index contributed by atoms with van der Waals surface area (Å²) in [6.45, 7) is 6.20. The van der Waals surface area contributed by atoms with Gasteiger partial charge in [0.1, 0.15) is 5.57 Å². The van der Waals surface area contributed by atoms with Gasteiger partial charge in [0.15, 0.2) is 16.6 Å². The lowest BCUT2D eigenvalue weighted by Crippen LogP contribution is -2.53. The molecule has 6 nitrogen and oxygen atoms in total. The normalized spacial score (nSPS) is 16.0. The van der Waals surface area contributed by atoms with Crippen LogP contribution in [0.2, 0.25) is 0 Å². The molecule has 8 heteroatoms. The molecule has 1 aliphatic rings. The maximum absolute atomic E-state index is 12.6. The molecular formula is C17H17IN2O4S. The SMILES string of the molecule is C=CCN1C(=O)/C(=C/c2cc(I)c(OCC)c(OC)c2)C(=O)NC1=S. The number of benzene rings is 1. The van der Waals surface area contributed by atoms with Gasteiger partial charge < -0.3 is 9.47 Å². The predicted octanol–water partition coefficient (Wildman–Crippen LogP) is 2.51. The fourth-order valence-corrected chi connectivity index (χ4v) is 3.29. The van der Waals surface area contributed by atoms with Crippen LogP contribution in [0.5, 0.6) is 11.5 Å². The summed E-state index contributed by atoms with van der Waals surface area (Å²) < 4.78 is 11.7. The third kappa shape index (κ3) is 4.18. The van der Waals surface area contributed by atoms with Crippen molar-refractivity contribution in [3.63, 3.8) is 0 Å². The largest absolute Gasteiger partial charge is 0.493 e. The summed E-state index contributed by atoms with van der Waals surface area (Å²) in [5.74, 6) is 0.166. The number of amides is 2. The van der Waals surface area contributed by atoms with Crippen LogP contribution in [0.15, 0.2) is 30.4 Å². The van der Waals surface area contributed by atoms with E-state index in [9.17, 15) is 9.59 Å². The van der Waals surface area contributed by atoms with Crippen molar-refractivity contribution in [1.82, 2.24) is 10.2 Å². The fraction of sp³-hybridized carbons (Fsp3) is 0.235. The number of thiocarbonyl (C=S) groups is 1. The molecule has 0 radical (unpaired) electrons. The van der Waals surface area contributed by atoms with Gasteiger partial charge in [-0.05, 0) is 65.5 Å². The van der Waals surface area contributed by atoms with Crippen LogP contribution >= 0.6 is 34.8 Å². The van der Waals surface area contributed by atoms with Crippen LogP contribution in [0.3, 0.4) is 0 Å². The van der Waals surface area contributed by atoms with Crippen molar-refractivity contribution in [2.75, 3.05) is 20.3 Å². The van der Waals surface area contributed by atoms with Gasteiger partial charge in [-0.1, -0.05) is 6.08 Å². The third-order valence-electron chi connectivity index (χ3n) is 3.35. The van der Waals surface area contributed by atoms with Gasteiger partial charge in [0, 0.05) is 6.54 Å². The van der Waals surface area contributed by atoms with Crippen molar-refractivity contribution in [2.45, 2.75) is 6.92 Å². The lowest BCUT2D eigenvalue weighted by atomic mass is 10.1. The number of ether oxygens (including phenoxy) is 2. The molecule has 132 valence electrons. The highest BCUT2D eigenvalue weighted by Crippen LogP contribution is 2.34. The van der Waals surface area contributed by atoms with Gasteiger partial charge >= 0.3 is 0 Å². The van der Waals surface area contributed by atoms with Crippen LogP contribution in [0.1, 0.15) is 12.5 Å². The van der Waals surface area contributed by atoms with E-state index in [1.165, 1.54) is 18.1 Å². The molecule has 0 spiro atoms. The standard InChI is InChI=1S/C17H17IN2O4S/c1-4-6-20-16(22)11(15(21)19-17(20)25)7-10-8-12(18)14(24-5-2)13(9-10)23-3/h4,7-9H,1,5-6H2,2-3H3,(H,19,21,25)/b11-7+. The van der Waals surface area contributed by atoms with Gasteiger partial charge in [0.2, 0.25) is 0 Å². The van der Waals surface area contributed by atoms with E-state index in [4.69, 9.17) is 21.7 Å². The number of nitrogens with zero attached hydrogens (tertiary/aromatic N) is 1. The second-order valence-electron chi connectivity index (χ2n) is 4.99. The predicted molar refractivity (Wildman–Crippen MR) is 108 cm³/mol. The van der Waals surface area contributed by atoms with Gasteiger partial charge in [-0.3, -0.25) is 19.8 Å². The smallest absolute Gasteiger partial charge is 0.265 e. The van der Waals surface area contributed by atoms with Crippen molar-refractivity contribution in [2.24, 2.45) is 0 Å². The zero-order valence-electron chi connectivity index (χ0n) is 13.8. The lowest BCUT2D eigenvalue weighted by molar-refractivity contribution is -0.128. The van der Waals surface area contributed by atoms with Crippen molar-refractivity contribution < 1.29 is 19.1 Å². The van der Waals surface area contributed by atoms with Crippen LogP contribution in [0.4, 0.5) is 0 Å². The second kappa shape index (κ2) is 8.43. The van der Waals surface area contributed by atoms with E-state index in [1.54, 1.807) is 12.1 Å². The number of hydrogen-bond donors (Lipinski definition) is 1. The number of hydrogen-bond acceptors (Lipinski definition) is 5. The monoisotopic (exact) mass is 472 g/mol. The van der Waals surface area contributed by atoms with Crippen LogP contribution in [0.25, 0.3) is 6.08 Å². The molecule has 0 unspecified atom stereocenters. The molecule has 25 heavy (non-hydrogen) atoms. The molecule has 0 saturated carbocycles. The molecule has 0 atom stereocenters. The second-order valence-corrected chi connectivity index (χ2v) is 6.54. The van der Waals surface area contributed by atoms with Crippen molar-refractivity contribution >= 4 is 57.8 Å². The Hall–Kier alpha value is -1.94.